The third-order valence-corrected chi connectivity index (χ3v) is 4.29. The van der Waals surface area contributed by atoms with E-state index in [1.165, 1.54) is 12.8 Å². The first-order chi connectivity index (χ1) is 9.25. The molecule has 0 aromatic heterocycles. The van der Waals surface area contributed by atoms with E-state index in [9.17, 15) is 4.79 Å². The molecular weight excluding hydrogens is 262 g/mol. The van der Waals surface area contributed by atoms with Gasteiger partial charge in [-0.15, -0.1) is 0 Å². The lowest BCUT2D eigenvalue weighted by Crippen LogP contribution is -2.31. The van der Waals surface area contributed by atoms with E-state index in [1.807, 2.05) is 12.1 Å². The van der Waals surface area contributed by atoms with Gasteiger partial charge in [0.25, 0.3) is 0 Å². The molecule has 1 aromatic carbocycles. The zero-order valence-corrected chi connectivity index (χ0v) is 11.7. The second kappa shape index (κ2) is 5.51. The van der Waals surface area contributed by atoms with Crippen molar-refractivity contribution in [3.8, 4) is 5.75 Å². The summed E-state index contributed by atoms with van der Waals surface area (Å²) in [5.74, 6) is 0.790. The monoisotopic (exact) mass is 279 g/mol. The number of fused-ring (bicyclic) bond motifs is 1. The van der Waals surface area contributed by atoms with E-state index in [-0.39, 0.29) is 11.7 Å². The van der Waals surface area contributed by atoms with E-state index in [4.69, 9.17) is 16.3 Å². The molecule has 2 aliphatic heterocycles. The Morgan fingerprint density at radius 2 is 2.11 bits per heavy atom. The Hall–Kier alpha value is -1.06. The lowest BCUT2D eigenvalue weighted by atomic mass is 9.95. The van der Waals surface area contributed by atoms with Crippen LogP contribution in [0.15, 0.2) is 18.2 Å². The Morgan fingerprint density at radius 3 is 2.89 bits per heavy atom. The van der Waals surface area contributed by atoms with Crippen molar-refractivity contribution >= 4 is 17.4 Å². The summed E-state index contributed by atoms with van der Waals surface area (Å²) < 4.78 is 5.67. The topological polar surface area (TPSA) is 29.5 Å². The smallest absolute Gasteiger partial charge is 0.171 e. The first-order valence-electron chi connectivity index (χ1n) is 6.93. The quantitative estimate of drug-likeness (QED) is 0.833. The highest BCUT2D eigenvalue weighted by Crippen LogP contribution is 2.33. The fourth-order valence-corrected chi connectivity index (χ4v) is 3.18. The van der Waals surface area contributed by atoms with E-state index >= 15 is 0 Å². The number of Topliss-reactive ketones (excluding diaryl/α,β-unsaturated/α-hetero) is 1. The third kappa shape index (κ3) is 2.63. The van der Waals surface area contributed by atoms with Crippen molar-refractivity contribution in [1.29, 1.82) is 0 Å². The second-order valence-electron chi connectivity index (χ2n) is 5.32. The minimum Gasteiger partial charge on any atom is -0.491 e. The number of benzene rings is 1. The van der Waals surface area contributed by atoms with Gasteiger partial charge >= 0.3 is 0 Å². The van der Waals surface area contributed by atoms with Crippen molar-refractivity contribution in [3.63, 3.8) is 0 Å². The molecule has 0 bridgehead atoms. The highest BCUT2D eigenvalue weighted by Gasteiger charge is 2.29. The fraction of sp³-hybridized carbons (Fsp3) is 0.533. The van der Waals surface area contributed by atoms with Crippen molar-refractivity contribution < 1.29 is 9.53 Å². The van der Waals surface area contributed by atoms with Crippen molar-refractivity contribution in [2.24, 2.45) is 5.92 Å². The molecular formula is C15H18ClNO2. The first kappa shape index (κ1) is 12.9. The van der Waals surface area contributed by atoms with Crippen LogP contribution in [0.25, 0.3) is 0 Å². The number of carbonyl (C=O) groups is 1. The predicted molar refractivity (Wildman–Crippen MR) is 75.1 cm³/mol. The minimum atomic E-state index is 0.0396. The largest absolute Gasteiger partial charge is 0.491 e. The fourth-order valence-electron chi connectivity index (χ4n) is 2.95. The SMILES string of the molecule is O=C1c2cccc(Cl)c2OCCC1CN1CCCC1. The molecule has 0 aliphatic carbocycles. The summed E-state index contributed by atoms with van der Waals surface area (Å²) in [6, 6.07) is 5.42. The highest BCUT2D eigenvalue weighted by molar-refractivity contribution is 6.32. The maximum absolute atomic E-state index is 12.6. The Balaban J connectivity index is 1.82. The molecule has 1 atom stereocenters. The minimum absolute atomic E-state index is 0.0396. The van der Waals surface area contributed by atoms with Crippen LogP contribution in [0.2, 0.25) is 5.02 Å². The van der Waals surface area contributed by atoms with Gasteiger partial charge in [0.2, 0.25) is 0 Å². The number of halogens is 1. The first-order valence-corrected chi connectivity index (χ1v) is 7.31. The van der Waals surface area contributed by atoms with E-state index in [0.29, 0.717) is 22.9 Å². The molecule has 0 saturated carbocycles. The molecule has 1 saturated heterocycles. The van der Waals surface area contributed by atoms with Crippen LogP contribution in [-0.4, -0.2) is 36.9 Å². The summed E-state index contributed by atoms with van der Waals surface area (Å²) >= 11 is 6.11. The molecule has 102 valence electrons. The van der Waals surface area contributed by atoms with Gasteiger partial charge in [0.1, 0.15) is 5.75 Å². The molecule has 19 heavy (non-hydrogen) atoms. The highest BCUT2D eigenvalue weighted by atomic mass is 35.5. The van der Waals surface area contributed by atoms with Crippen molar-refractivity contribution in [1.82, 2.24) is 4.90 Å². The maximum atomic E-state index is 12.6. The van der Waals surface area contributed by atoms with E-state index in [2.05, 4.69) is 4.90 Å². The van der Waals surface area contributed by atoms with Gasteiger partial charge in [-0.1, -0.05) is 17.7 Å². The van der Waals surface area contributed by atoms with Crippen LogP contribution >= 0.6 is 11.6 Å². The zero-order chi connectivity index (χ0) is 13.2. The number of nitrogens with zero attached hydrogens (tertiary/aromatic N) is 1. The zero-order valence-electron chi connectivity index (χ0n) is 10.9. The summed E-state index contributed by atoms with van der Waals surface area (Å²) in [4.78, 5) is 15.0. The van der Waals surface area contributed by atoms with Crippen molar-refractivity contribution in [2.45, 2.75) is 19.3 Å². The summed E-state index contributed by atoms with van der Waals surface area (Å²) in [6.07, 6.45) is 3.28. The van der Waals surface area contributed by atoms with Gasteiger partial charge in [0, 0.05) is 12.5 Å². The Bertz CT molecular complexity index is 483. The van der Waals surface area contributed by atoms with Crippen molar-refractivity contribution in [3.05, 3.63) is 28.8 Å². The molecule has 2 heterocycles. The number of ketones is 1. The number of carbonyl (C=O) groups excluding carboxylic acids is 1. The summed E-state index contributed by atoms with van der Waals surface area (Å²) in [6.45, 7) is 3.66. The lowest BCUT2D eigenvalue weighted by Gasteiger charge is -2.20. The number of likely N-dealkylation sites (tertiary alicyclic amines) is 1. The molecule has 3 rings (SSSR count). The van der Waals surface area contributed by atoms with Gasteiger partial charge in [0.05, 0.1) is 17.2 Å². The Morgan fingerprint density at radius 1 is 1.32 bits per heavy atom. The third-order valence-electron chi connectivity index (χ3n) is 3.99. The van der Waals surface area contributed by atoms with Crippen LogP contribution in [0.5, 0.6) is 5.75 Å². The van der Waals surface area contributed by atoms with Crippen LogP contribution in [-0.2, 0) is 0 Å². The van der Waals surface area contributed by atoms with Crippen LogP contribution in [0, 0.1) is 5.92 Å². The summed E-state index contributed by atoms with van der Waals surface area (Å²) in [7, 11) is 0. The van der Waals surface area contributed by atoms with Gasteiger partial charge < -0.3 is 9.64 Å². The lowest BCUT2D eigenvalue weighted by molar-refractivity contribution is 0.0883. The van der Waals surface area contributed by atoms with E-state index < -0.39 is 0 Å². The van der Waals surface area contributed by atoms with Gasteiger partial charge in [0.15, 0.2) is 5.78 Å². The van der Waals surface area contributed by atoms with Gasteiger partial charge in [-0.2, -0.15) is 0 Å². The van der Waals surface area contributed by atoms with Gasteiger partial charge in [-0.25, -0.2) is 0 Å². The van der Waals surface area contributed by atoms with Crippen LogP contribution in [0.3, 0.4) is 0 Å². The molecule has 0 spiro atoms. The molecule has 0 N–H and O–H groups in total. The number of hydrogen-bond acceptors (Lipinski definition) is 3. The molecule has 2 aliphatic rings. The molecule has 0 amide bonds. The van der Waals surface area contributed by atoms with E-state index in [1.54, 1.807) is 6.07 Å². The van der Waals surface area contributed by atoms with Crippen LogP contribution in [0.1, 0.15) is 29.6 Å². The molecule has 4 heteroatoms. The standard InChI is InChI=1S/C15H18ClNO2/c16-13-5-3-4-12-14(18)11(6-9-19-15(12)13)10-17-7-1-2-8-17/h3-5,11H,1-2,6-10H2. The second-order valence-corrected chi connectivity index (χ2v) is 5.73. The van der Waals surface area contributed by atoms with Gasteiger partial charge in [-0.05, 0) is 44.5 Å². The number of para-hydroxylation sites is 1. The maximum Gasteiger partial charge on any atom is 0.171 e. The average Bonchev–Trinajstić information content (AvgIpc) is 2.85. The molecule has 1 fully saturated rings. The number of rotatable bonds is 2. The number of ether oxygens (including phenoxy) is 1. The van der Waals surface area contributed by atoms with Gasteiger partial charge in [-0.3, -0.25) is 4.79 Å². The Kier molecular flexibility index (Phi) is 3.76. The summed E-state index contributed by atoms with van der Waals surface area (Å²) in [5.41, 5.74) is 0.647. The van der Waals surface area contributed by atoms with Crippen LogP contribution < -0.4 is 4.74 Å². The predicted octanol–water partition coefficient (Wildman–Crippen LogP) is 3.02. The average molecular weight is 280 g/mol. The van der Waals surface area contributed by atoms with Crippen LogP contribution in [0.4, 0.5) is 0 Å². The molecule has 1 unspecified atom stereocenters. The Labute approximate surface area is 118 Å². The molecule has 1 aromatic rings. The number of hydrogen-bond donors (Lipinski definition) is 0. The molecule has 3 nitrogen and oxygen atoms in total. The summed E-state index contributed by atoms with van der Waals surface area (Å²) in [5, 5.41) is 0.535. The molecule has 0 radical (unpaired) electrons. The van der Waals surface area contributed by atoms with E-state index in [0.717, 1.165) is 26.1 Å². The van der Waals surface area contributed by atoms with Crippen molar-refractivity contribution in [2.75, 3.05) is 26.2 Å². The normalized spacial score (nSPS) is 23.8.